The number of ether oxygens (including phenoxy) is 1. The minimum Gasteiger partial charge on any atom is -0.483 e. The van der Waals surface area contributed by atoms with Crippen LogP contribution < -0.4 is 4.74 Å². The normalized spacial score (nSPS) is 12.5. The molecule has 114 valence electrons. The van der Waals surface area contributed by atoms with Gasteiger partial charge in [-0.2, -0.15) is 9.50 Å². The van der Waals surface area contributed by atoms with Crippen LogP contribution in [0.15, 0.2) is 35.6 Å². The highest BCUT2D eigenvalue weighted by atomic mass is 35.5. The van der Waals surface area contributed by atoms with Crippen LogP contribution in [0.1, 0.15) is 18.7 Å². The molecule has 2 aromatic heterocycles. The number of hydrogen-bond donors (Lipinski definition) is 0. The Kier molecular flexibility index (Phi) is 4.42. The molecular formula is C14H12Cl2N4OS. The van der Waals surface area contributed by atoms with Gasteiger partial charge in [-0.05, 0) is 37.4 Å². The van der Waals surface area contributed by atoms with E-state index in [0.29, 0.717) is 26.7 Å². The first-order valence-electron chi connectivity index (χ1n) is 6.46. The molecule has 1 unspecified atom stereocenters. The molecule has 0 radical (unpaired) electrons. The summed E-state index contributed by atoms with van der Waals surface area (Å²) in [7, 11) is 0. The predicted octanol–water partition coefficient (Wildman–Crippen LogP) is 4.29. The summed E-state index contributed by atoms with van der Waals surface area (Å²) in [6, 6.07) is 6.97. The maximum absolute atomic E-state index is 6.15. The minimum atomic E-state index is -0.277. The van der Waals surface area contributed by atoms with Gasteiger partial charge in [0.25, 0.3) is 5.78 Å². The van der Waals surface area contributed by atoms with E-state index in [1.54, 1.807) is 28.9 Å². The lowest BCUT2D eigenvalue weighted by Crippen LogP contribution is -2.10. The quantitative estimate of drug-likeness (QED) is 0.654. The number of nitrogens with zero attached hydrogens (tertiary/aromatic N) is 4. The van der Waals surface area contributed by atoms with Crippen molar-refractivity contribution in [2.75, 3.05) is 6.26 Å². The maximum Gasteiger partial charge on any atom is 0.253 e. The molecule has 2 heterocycles. The molecule has 0 bridgehead atoms. The van der Waals surface area contributed by atoms with Gasteiger partial charge in [0.2, 0.25) is 5.16 Å². The largest absolute Gasteiger partial charge is 0.483 e. The van der Waals surface area contributed by atoms with Gasteiger partial charge >= 0.3 is 0 Å². The summed E-state index contributed by atoms with van der Waals surface area (Å²) in [6.07, 6.45) is 3.33. The first-order valence-corrected chi connectivity index (χ1v) is 8.44. The highest BCUT2D eigenvalue weighted by Gasteiger charge is 2.16. The summed E-state index contributed by atoms with van der Waals surface area (Å²) in [5.74, 6) is 1.10. The van der Waals surface area contributed by atoms with Crippen molar-refractivity contribution < 1.29 is 4.74 Å². The molecule has 0 spiro atoms. The Hall–Kier alpha value is -1.50. The fraction of sp³-hybridized carbons (Fsp3) is 0.214. The van der Waals surface area contributed by atoms with Crippen molar-refractivity contribution in [1.29, 1.82) is 0 Å². The van der Waals surface area contributed by atoms with Crippen LogP contribution in [-0.2, 0) is 0 Å². The third-order valence-corrected chi connectivity index (χ3v) is 4.12. The number of fused-ring (bicyclic) bond motifs is 1. The molecule has 0 amide bonds. The molecule has 0 aliphatic carbocycles. The van der Waals surface area contributed by atoms with Crippen molar-refractivity contribution in [3.05, 3.63) is 46.2 Å². The van der Waals surface area contributed by atoms with E-state index in [-0.39, 0.29) is 6.10 Å². The summed E-state index contributed by atoms with van der Waals surface area (Å²) in [5, 5.41) is 6.10. The Balaban J connectivity index is 1.94. The molecule has 0 aliphatic rings. The SMILES string of the molecule is CSc1nc2nccc(C(C)Oc3ccc(Cl)cc3Cl)n2n1. The Morgan fingerprint density at radius 1 is 1.27 bits per heavy atom. The van der Waals surface area contributed by atoms with E-state index in [1.807, 2.05) is 19.2 Å². The molecule has 0 aliphatic heterocycles. The molecular weight excluding hydrogens is 343 g/mol. The van der Waals surface area contributed by atoms with Crippen LogP contribution in [0.2, 0.25) is 10.0 Å². The van der Waals surface area contributed by atoms with Crippen LogP contribution in [0.3, 0.4) is 0 Å². The van der Waals surface area contributed by atoms with Gasteiger partial charge in [-0.25, -0.2) is 4.98 Å². The standard InChI is InChI=1S/C14H12Cl2N4OS/c1-8(21-12-4-3-9(15)7-10(12)16)11-5-6-17-13-18-14(22-2)19-20(11)13/h3-8H,1-2H3. The zero-order valence-electron chi connectivity index (χ0n) is 11.8. The van der Waals surface area contributed by atoms with Gasteiger partial charge < -0.3 is 4.74 Å². The minimum absolute atomic E-state index is 0.277. The van der Waals surface area contributed by atoms with Crippen LogP contribution in [0, 0.1) is 0 Å². The lowest BCUT2D eigenvalue weighted by molar-refractivity contribution is 0.218. The van der Waals surface area contributed by atoms with Crippen LogP contribution >= 0.6 is 35.0 Å². The number of aromatic nitrogens is 4. The highest BCUT2D eigenvalue weighted by Crippen LogP contribution is 2.31. The molecule has 3 aromatic rings. The lowest BCUT2D eigenvalue weighted by Gasteiger charge is -2.16. The summed E-state index contributed by atoms with van der Waals surface area (Å²) < 4.78 is 7.60. The van der Waals surface area contributed by atoms with Crippen LogP contribution in [0.4, 0.5) is 0 Å². The van der Waals surface area contributed by atoms with Gasteiger partial charge in [0.05, 0.1) is 10.7 Å². The van der Waals surface area contributed by atoms with Gasteiger partial charge in [0.1, 0.15) is 11.9 Å². The van der Waals surface area contributed by atoms with E-state index in [0.717, 1.165) is 5.69 Å². The van der Waals surface area contributed by atoms with Crippen molar-refractivity contribution in [2.45, 2.75) is 18.2 Å². The third kappa shape index (κ3) is 2.99. The van der Waals surface area contributed by atoms with E-state index in [2.05, 4.69) is 15.1 Å². The molecule has 1 aromatic carbocycles. The smallest absolute Gasteiger partial charge is 0.253 e. The Morgan fingerprint density at radius 3 is 2.82 bits per heavy atom. The van der Waals surface area contributed by atoms with E-state index in [1.165, 1.54) is 11.8 Å². The number of halogens is 2. The fourth-order valence-electron chi connectivity index (χ4n) is 2.01. The van der Waals surface area contributed by atoms with Crippen molar-refractivity contribution >= 4 is 40.7 Å². The van der Waals surface area contributed by atoms with Gasteiger partial charge in [-0.3, -0.25) is 0 Å². The number of hydrogen-bond acceptors (Lipinski definition) is 5. The van der Waals surface area contributed by atoms with E-state index >= 15 is 0 Å². The molecule has 0 saturated heterocycles. The van der Waals surface area contributed by atoms with Crippen LogP contribution in [0.5, 0.6) is 5.75 Å². The summed E-state index contributed by atoms with van der Waals surface area (Å²) in [5.41, 5.74) is 0.837. The van der Waals surface area contributed by atoms with Crippen molar-refractivity contribution in [3.8, 4) is 5.75 Å². The first-order chi connectivity index (χ1) is 10.6. The molecule has 8 heteroatoms. The van der Waals surface area contributed by atoms with E-state index < -0.39 is 0 Å². The van der Waals surface area contributed by atoms with Gasteiger partial charge in [0, 0.05) is 11.2 Å². The van der Waals surface area contributed by atoms with E-state index in [9.17, 15) is 0 Å². The van der Waals surface area contributed by atoms with Gasteiger partial charge in [0.15, 0.2) is 0 Å². The average molecular weight is 355 g/mol. The number of thioether (sulfide) groups is 1. The van der Waals surface area contributed by atoms with Gasteiger partial charge in [-0.15, -0.1) is 5.10 Å². The number of benzene rings is 1. The molecule has 3 rings (SSSR count). The first kappa shape index (κ1) is 15.4. The number of rotatable bonds is 4. The van der Waals surface area contributed by atoms with Gasteiger partial charge in [-0.1, -0.05) is 35.0 Å². The molecule has 1 atom stereocenters. The zero-order valence-corrected chi connectivity index (χ0v) is 14.2. The molecule has 0 saturated carbocycles. The van der Waals surface area contributed by atoms with E-state index in [4.69, 9.17) is 27.9 Å². The topological polar surface area (TPSA) is 52.3 Å². The van der Waals surface area contributed by atoms with Crippen molar-refractivity contribution in [1.82, 2.24) is 19.6 Å². The highest BCUT2D eigenvalue weighted by molar-refractivity contribution is 7.98. The van der Waals surface area contributed by atoms with Crippen LogP contribution in [-0.4, -0.2) is 25.8 Å². The zero-order chi connectivity index (χ0) is 15.7. The van der Waals surface area contributed by atoms with Crippen LogP contribution in [0.25, 0.3) is 5.78 Å². The second kappa shape index (κ2) is 6.32. The summed E-state index contributed by atoms with van der Waals surface area (Å²) in [6.45, 7) is 1.92. The summed E-state index contributed by atoms with van der Waals surface area (Å²) in [4.78, 5) is 8.52. The Labute approximate surface area is 141 Å². The van der Waals surface area contributed by atoms with Crippen molar-refractivity contribution in [2.24, 2.45) is 0 Å². The second-order valence-electron chi connectivity index (χ2n) is 4.51. The predicted molar refractivity (Wildman–Crippen MR) is 88.1 cm³/mol. The Morgan fingerprint density at radius 2 is 2.09 bits per heavy atom. The fourth-order valence-corrected chi connectivity index (χ4v) is 2.80. The molecule has 5 nitrogen and oxygen atoms in total. The summed E-state index contributed by atoms with van der Waals surface area (Å²) >= 11 is 13.5. The third-order valence-electron chi connectivity index (χ3n) is 3.05. The molecule has 0 N–H and O–H groups in total. The lowest BCUT2D eigenvalue weighted by atomic mass is 10.2. The average Bonchev–Trinajstić information content (AvgIpc) is 2.93. The second-order valence-corrected chi connectivity index (χ2v) is 6.13. The van der Waals surface area contributed by atoms with Crippen molar-refractivity contribution in [3.63, 3.8) is 0 Å². The monoisotopic (exact) mass is 354 g/mol. The maximum atomic E-state index is 6.15. The molecule has 0 fully saturated rings. The Bertz CT molecular complexity index is 824. The molecule has 22 heavy (non-hydrogen) atoms.